The Kier molecular flexibility index (Phi) is 5.38. The van der Waals surface area contributed by atoms with Gasteiger partial charge in [-0.2, -0.15) is 0 Å². The van der Waals surface area contributed by atoms with E-state index in [2.05, 4.69) is 0 Å². The van der Waals surface area contributed by atoms with E-state index in [-0.39, 0.29) is 6.79 Å². The second kappa shape index (κ2) is 6.80. The highest BCUT2D eigenvalue weighted by atomic mass is 16.7. The van der Waals surface area contributed by atoms with Crippen LogP contribution < -0.4 is 23.7 Å². The molecule has 0 aliphatic carbocycles. The first-order chi connectivity index (χ1) is 8.73. The molecule has 0 spiro atoms. The minimum Gasteiger partial charge on any atom is -0.493 e. The van der Waals surface area contributed by atoms with Crippen LogP contribution in [-0.4, -0.2) is 42.3 Å². The number of benzene rings is 1. The zero-order valence-electron chi connectivity index (χ0n) is 11.2. The lowest BCUT2D eigenvalue weighted by molar-refractivity contribution is 0.0486. The molecule has 0 unspecified atom stereocenters. The topological polar surface area (TPSA) is 55.4 Å². The van der Waals surface area contributed by atoms with Crippen molar-refractivity contribution in [1.82, 2.24) is 0 Å². The van der Waals surface area contributed by atoms with E-state index in [0.29, 0.717) is 28.7 Å². The van der Waals surface area contributed by atoms with Gasteiger partial charge in [0.2, 0.25) is 17.2 Å². The monoisotopic (exact) mass is 258 g/mol. The van der Waals surface area contributed by atoms with E-state index in [4.69, 9.17) is 28.4 Å². The lowest BCUT2D eigenvalue weighted by Gasteiger charge is -2.18. The maximum atomic E-state index is 5.40. The minimum atomic E-state index is 0.0923. The highest BCUT2D eigenvalue weighted by Crippen LogP contribution is 2.49. The van der Waals surface area contributed by atoms with Gasteiger partial charge in [-0.1, -0.05) is 0 Å². The summed E-state index contributed by atoms with van der Waals surface area (Å²) in [5.41, 5.74) is 0. The second-order valence-corrected chi connectivity index (χ2v) is 3.23. The van der Waals surface area contributed by atoms with Crippen molar-refractivity contribution in [2.24, 2.45) is 0 Å². The van der Waals surface area contributed by atoms with Crippen molar-refractivity contribution in [3.63, 3.8) is 0 Å². The van der Waals surface area contributed by atoms with Gasteiger partial charge in [0.25, 0.3) is 0 Å². The molecular weight excluding hydrogens is 240 g/mol. The maximum absolute atomic E-state index is 5.40. The van der Waals surface area contributed by atoms with Crippen LogP contribution in [0.1, 0.15) is 0 Å². The fourth-order valence-corrected chi connectivity index (χ4v) is 1.53. The Labute approximate surface area is 106 Å². The van der Waals surface area contributed by atoms with E-state index in [0.717, 1.165) is 0 Å². The van der Waals surface area contributed by atoms with Crippen molar-refractivity contribution in [1.29, 1.82) is 0 Å². The van der Waals surface area contributed by atoms with Gasteiger partial charge in [0.1, 0.15) is 0 Å². The molecule has 0 saturated carbocycles. The fraction of sp³-hybridized carbons (Fsp3) is 0.500. The zero-order valence-corrected chi connectivity index (χ0v) is 11.2. The number of hydrogen-bond donors (Lipinski definition) is 0. The minimum absolute atomic E-state index is 0.0923. The van der Waals surface area contributed by atoms with E-state index in [1.54, 1.807) is 6.07 Å². The molecule has 0 aromatic heterocycles. The van der Waals surface area contributed by atoms with Crippen LogP contribution in [0.3, 0.4) is 0 Å². The SMILES string of the molecule is COCOc1cc(OC)c(OC)c(OC)c1OC. The van der Waals surface area contributed by atoms with Crippen molar-refractivity contribution in [2.75, 3.05) is 42.3 Å². The summed E-state index contributed by atoms with van der Waals surface area (Å²) in [6, 6.07) is 1.65. The summed E-state index contributed by atoms with van der Waals surface area (Å²) in [7, 11) is 7.62. The zero-order chi connectivity index (χ0) is 13.5. The van der Waals surface area contributed by atoms with Gasteiger partial charge in [0.15, 0.2) is 18.3 Å². The molecular formula is C12H18O6. The summed E-state index contributed by atoms with van der Waals surface area (Å²) < 4.78 is 31.3. The molecule has 0 radical (unpaired) electrons. The summed E-state index contributed by atoms with van der Waals surface area (Å²) in [5, 5.41) is 0. The van der Waals surface area contributed by atoms with Crippen LogP contribution in [0.2, 0.25) is 0 Å². The normalized spacial score (nSPS) is 9.83. The molecule has 18 heavy (non-hydrogen) atoms. The van der Waals surface area contributed by atoms with Gasteiger partial charge in [-0.05, 0) is 0 Å². The predicted molar refractivity (Wildman–Crippen MR) is 65.2 cm³/mol. The average Bonchev–Trinajstić information content (AvgIpc) is 2.42. The van der Waals surface area contributed by atoms with Crippen LogP contribution in [0.5, 0.6) is 28.7 Å². The van der Waals surface area contributed by atoms with Crippen LogP contribution in [-0.2, 0) is 4.74 Å². The van der Waals surface area contributed by atoms with Gasteiger partial charge in [-0.3, -0.25) is 0 Å². The maximum Gasteiger partial charge on any atom is 0.211 e. The Morgan fingerprint density at radius 2 is 1.28 bits per heavy atom. The molecule has 0 fully saturated rings. The van der Waals surface area contributed by atoms with Crippen molar-refractivity contribution >= 4 is 0 Å². The molecule has 1 aromatic carbocycles. The van der Waals surface area contributed by atoms with Crippen LogP contribution in [0.4, 0.5) is 0 Å². The first-order valence-corrected chi connectivity index (χ1v) is 5.22. The summed E-state index contributed by atoms with van der Waals surface area (Å²) in [6.45, 7) is 0.0923. The predicted octanol–water partition coefficient (Wildman–Crippen LogP) is 1.70. The molecule has 0 aliphatic rings. The molecule has 0 aliphatic heterocycles. The smallest absolute Gasteiger partial charge is 0.211 e. The lowest BCUT2D eigenvalue weighted by atomic mass is 10.2. The van der Waals surface area contributed by atoms with Gasteiger partial charge in [0.05, 0.1) is 28.4 Å². The number of hydrogen-bond acceptors (Lipinski definition) is 6. The molecule has 6 heteroatoms. The van der Waals surface area contributed by atoms with E-state index in [1.807, 2.05) is 0 Å². The molecule has 6 nitrogen and oxygen atoms in total. The van der Waals surface area contributed by atoms with Gasteiger partial charge in [-0.15, -0.1) is 0 Å². The molecule has 0 amide bonds. The average molecular weight is 258 g/mol. The van der Waals surface area contributed by atoms with Crippen LogP contribution in [0, 0.1) is 0 Å². The molecule has 102 valence electrons. The quantitative estimate of drug-likeness (QED) is 0.694. The largest absolute Gasteiger partial charge is 0.493 e. The van der Waals surface area contributed by atoms with E-state index in [1.165, 1.54) is 35.5 Å². The van der Waals surface area contributed by atoms with Gasteiger partial charge in [-0.25, -0.2) is 0 Å². The Morgan fingerprint density at radius 1 is 0.722 bits per heavy atom. The third-order valence-corrected chi connectivity index (χ3v) is 2.29. The van der Waals surface area contributed by atoms with E-state index < -0.39 is 0 Å². The molecule has 1 aromatic rings. The Morgan fingerprint density at radius 3 is 1.72 bits per heavy atom. The van der Waals surface area contributed by atoms with Gasteiger partial charge < -0.3 is 28.4 Å². The standard InChI is InChI=1S/C12H18O6/c1-13-7-18-9-6-8(14-2)10(15-3)12(17-5)11(9)16-4/h6H,7H2,1-5H3. The van der Waals surface area contributed by atoms with Gasteiger partial charge >= 0.3 is 0 Å². The van der Waals surface area contributed by atoms with Crippen molar-refractivity contribution in [3.8, 4) is 28.7 Å². The summed E-state index contributed by atoms with van der Waals surface area (Å²) >= 11 is 0. The van der Waals surface area contributed by atoms with Crippen molar-refractivity contribution < 1.29 is 28.4 Å². The second-order valence-electron chi connectivity index (χ2n) is 3.23. The first kappa shape index (κ1) is 14.2. The molecule has 0 N–H and O–H groups in total. The summed E-state index contributed by atoms with van der Waals surface area (Å²) in [5.74, 6) is 2.22. The Hall–Kier alpha value is -1.82. The third kappa shape index (κ3) is 2.70. The molecule has 0 atom stereocenters. The Bertz CT molecular complexity index is 391. The van der Waals surface area contributed by atoms with Crippen LogP contribution >= 0.6 is 0 Å². The van der Waals surface area contributed by atoms with Crippen molar-refractivity contribution in [2.45, 2.75) is 0 Å². The highest BCUT2D eigenvalue weighted by Gasteiger charge is 2.22. The van der Waals surface area contributed by atoms with E-state index >= 15 is 0 Å². The molecule has 0 saturated heterocycles. The van der Waals surface area contributed by atoms with Crippen LogP contribution in [0.25, 0.3) is 0 Å². The van der Waals surface area contributed by atoms with Gasteiger partial charge in [0, 0.05) is 13.2 Å². The molecule has 0 bridgehead atoms. The highest BCUT2D eigenvalue weighted by molar-refractivity contribution is 5.65. The molecule has 1 rings (SSSR count). The first-order valence-electron chi connectivity index (χ1n) is 5.22. The lowest BCUT2D eigenvalue weighted by Crippen LogP contribution is -2.04. The number of ether oxygens (including phenoxy) is 6. The summed E-state index contributed by atoms with van der Waals surface area (Å²) in [6.07, 6.45) is 0. The number of rotatable bonds is 7. The fourth-order valence-electron chi connectivity index (χ4n) is 1.53. The molecule has 0 heterocycles. The number of methoxy groups -OCH3 is 5. The Balaban J connectivity index is 3.33. The van der Waals surface area contributed by atoms with Crippen LogP contribution in [0.15, 0.2) is 6.07 Å². The third-order valence-electron chi connectivity index (χ3n) is 2.29. The van der Waals surface area contributed by atoms with Crippen molar-refractivity contribution in [3.05, 3.63) is 6.07 Å². The summed E-state index contributed by atoms with van der Waals surface area (Å²) in [4.78, 5) is 0. The van der Waals surface area contributed by atoms with E-state index in [9.17, 15) is 0 Å².